The van der Waals surface area contributed by atoms with Gasteiger partial charge in [0, 0.05) is 58.8 Å². The number of nitrogens with zero attached hydrogens (tertiary/aromatic N) is 6. The zero-order valence-corrected chi connectivity index (χ0v) is 34.3. The maximum atomic E-state index is 13.4. The lowest BCUT2D eigenvalue weighted by atomic mass is 9.94. The SMILES string of the molecule is CCc1c2c(nc3ccc(OC(=O)N4CCC(CCn5ccc6cc(-n7c(-c8cccc(C(C)C)c8)n[nH]c7=O)ccc65)CC4)cc13)-c1cc(C(C)O)c(CO)c(=O)n1C2. The highest BCUT2D eigenvalue weighted by Gasteiger charge is 2.29. The molecule has 1 fully saturated rings. The number of aryl methyl sites for hydroxylation is 2. The van der Waals surface area contributed by atoms with Crippen LogP contribution in [0.4, 0.5) is 4.79 Å². The lowest BCUT2D eigenvalue weighted by Crippen LogP contribution is -2.40. The molecule has 0 bridgehead atoms. The van der Waals surface area contributed by atoms with Gasteiger partial charge in [0.2, 0.25) is 0 Å². The van der Waals surface area contributed by atoms with E-state index in [0.717, 1.165) is 70.0 Å². The fourth-order valence-electron chi connectivity index (χ4n) is 9.13. The van der Waals surface area contributed by atoms with E-state index in [2.05, 4.69) is 59.1 Å². The van der Waals surface area contributed by atoms with Crippen molar-refractivity contribution in [3.8, 4) is 34.2 Å². The van der Waals surface area contributed by atoms with Gasteiger partial charge in [0.25, 0.3) is 5.56 Å². The molecule has 1 amide bonds. The number of fused-ring (bicyclic) bond motifs is 5. The summed E-state index contributed by atoms with van der Waals surface area (Å²) in [7, 11) is 0. The molecule has 7 aromatic rings. The van der Waals surface area contributed by atoms with E-state index >= 15 is 0 Å². The van der Waals surface area contributed by atoms with Crippen LogP contribution in [0.2, 0.25) is 0 Å². The molecule has 0 spiro atoms. The van der Waals surface area contributed by atoms with Gasteiger partial charge in [-0.05, 0) is 116 Å². The number of benzene rings is 3. The van der Waals surface area contributed by atoms with E-state index in [4.69, 9.17) is 9.72 Å². The van der Waals surface area contributed by atoms with Crippen LogP contribution >= 0.6 is 0 Å². The Kier molecular flexibility index (Phi) is 10.2. The van der Waals surface area contributed by atoms with Gasteiger partial charge in [-0.15, -0.1) is 0 Å². The van der Waals surface area contributed by atoms with E-state index in [1.807, 2.05) is 43.3 Å². The summed E-state index contributed by atoms with van der Waals surface area (Å²) < 4.78 is 11.5. The molecule has 13 nitrogen and oxygen atoms in total. The molecule has 0 radical (unpaired) electrons. The van der Waals surface area contributed by atoms with Crippen molar-refractivity contribution >= 4 is 27.9 Å². The van der Waals surface area contributed by atoms with Gasteiger partial charge in [-0.25, -0.2) is 24.2 Å². The third-order valence-corrected chi connectivity index (χ3v) is 12.5. The number of ether oxygens (including phenoxy) is 1. The summed E-state index contributed by atoms with van der Waals surface area (Å²) in [4.78, 5) is 46.5. The number of hydrogen-bond acceptors (Lipinski definition) is 8. The van der Waals surface area contributed by atoms with Gasteiger partial charge in [-0.1, -0.05) is 39.0 Å². The molecule has 308 valence electrons. The standard InChI is InChI=1S/C47H49N7O6/c1-5-35-37-23-34(10-11-40(37)48-43-38(35)25-53-42(43)24-36(28(4)56)39(26-55)45(53)57)60-47(59)52-18-14-29(15-19-52)13-17-51-20-16-31-22-33(9-12-41(31)51)54-44(49-50-46(54)58)32-8-6-7-30(21-32)27(2)3/h6-12,16,20-24,27-29,55-56H,5,13-15,17-19,25-26H2,1-4H3,(H,50,58). The smallest absolute Gasteiger partial charge is 0.410 e. The molecule has 3 N–H and O–H groups in total. The predicted molar refractivity (Wildman–Crippen MR) is 231 cm³/mol. The van der Waals surface area contributed by atoms with Crippen LogP contribution < -0.4 is 16.0 Å². The van der Waals surface area contributed by atoms with Crippen LogP contribution in [0.3, 0.4) is 0 Å². The number of aromatic amines is 1. The van der Waals surface area contributed by atoms with Crippen LogP contribution in [-0.4, -0.2) is 63.2 Å². The van der Waals surface area contributed by atoms with E-state index in [1.165, 1.54) is 5.56 Å². The molecule has 4 aromatic heterocycles. The van der Waals surface area contributed by atoms with Crippen LogP contribution in [0.25, 0.3) is 50.3 Å². The number of aliphatic hydroxyl groups excluding tert-OH is 2. The van der Waals surface area contributed by atoms with Crippen LogP contribution in [0, 0.1) is 5.92 Å². The number of amides is 1. The number of pyridine rings is 2. The first-order chi connectivity index (χ1) is 29.0. The number of carbonyl (C=O) groups is 1. The van der Waals surface area contributed by atoms with Crippen LogP contribution in [-0.2, 0) is 26.1 Å². The molecule has 1 saturated heterocycles. The topological polar surface area (TPSA) is 160 Å². The number of piperidine rings is 1. The highest BCUT2D eigenvalue weighted by molar-refractivity contribution is 5.90. The lowest BCUT2D eigenvalue weighted by Gasteiger charge is -2.31. The summed E-state index contributed by atoms with van der Waals surface area (Å²) in [6.07, 6.45) is 4.22. The minimum Gasteiger partial charge on any atom is -0.410 e. The fourth-order valence-corrected chi connectivity index (χ4v) is 9.13. The Morgan fingerprint density at radius 1 is 0.983 bits per heavy atom. The second kappa shape index (κ2) is 15.7. The van der Waals surface area contributed by atoms with Gasteiger partial charge >= 0.3 is 11.8 Å². The van der Waals surface area contributed by atoms with Crippen LogP contribution in [0.15, 0.2) is 88.6 Å². The van der Waals surface area contributed by atoms with Crippen molar-refractivity contribution in [2.45, 2.75) is 85.1 Å². The second-order valence-electron chi connectivity index (χ2n) is 16.4. The minimum absolute atomic E-state index is 0.191. The van der Waals surface area contributed by atoms with Gasteiger partial charge < -0.3 is 29.0 Å². The summed E-state index contributed by atoms with van der Waals surface area (Å²) >= 11 is 0. The third kappa shape index (κ3) is 6.90. The highest BCUT2D eigenvalue weighted by Crippen LogP contribution is 2.38. The van der Waals surface area contributed by atoms with Gasteiger partial charge in [0.05, 0.1) is 41.8 Å². The second-order valence-corrected chi connectivity index (χ2v) is 16.4. The molecule has 2 aliphatic heterocycles. The Balaban J connectivity index is 0.841. The monoisotopic (exact) mass is 807 g/mol. The van der Waals surface area contributed by atoms with Crippen molar-refractivity contribution in [1.29, 1.82) is 0 Å². The summed E-state index contributed by atoms with van der Waals surface area (Å²) in [5.41, 5.74) is 7.88. The normalized spacial score (nSPS) is 14.6. The molecule has 1 atom stereocenters. The molecule has 9 rings (SSSR count). The lowest BCUT2D eigenvalue weighted by molar-refractivity contribution is 0.128. The Morgan fingerprint density at radius 3 is 2.55 bits per heavy atom. The quantitative estimate of drug-likeness (QED) is 0.128. The maximum Gasteiger partial charge on any atom is 0.415 e. The van der Waals surface area contributed by atoms with E-state index < -0.39 is 12.7 Å². The molecule has 6 heterocycles. The van der Waals surface area contributed by atoms with Crippen molar-refractivity contribution < 1.29 is 19.7 Å². The minimum atomic E-state index is -0.914. The third-order valence-electron chi connectivity index (χ3n) is 12.5. The van der Waals surface area contributed by atoms with Gasteiger partial charge in [0.1, 0.15) is 5.75 Å². The zero-order chi connectivity index (χ0) is 41.8. The number of H-pyrrole nitrogens is 1. The summed E-state index contributed by atoms with van der Waals surface area (Å²) in [6.45, 7) is 9.84. The first-order valence-corrected chi connectivity index (χ1v) is 20.9. The van der Waals surface area contributed by atoms with Crippen molar-refractivity contribution in [3.63, 3.8) is 0 Å². The van der Waals surface area contributed by atoms with Crippen LogP contribution in [0.1, 0.15) is 86.8 Å². The molecule has 60 heavy (non-hydrogen) atoms. The van der Waals surface area contributed by atoms with Crippen molar-refractivity contribution in [2.24, 2.45) is 5.92 Å². The molecular weight excluding hydrogens is 759 g/mol. The van der Waals surface area contributed by atoms with E-state index in [-0.39, 0.29) is 22.9 Å². The summed E-state index contributed by atoms with van der Waals surface area (Å²) in [5.74, 6) is 1.84. The largest absolute Gasteiger partial charge is 0.415 e. The van der Waals surface area contributed by atoms with Gasteiger partial charge in [-0.3, -0.25) is 4.79 Å². The van der Waals surface area contributed by atoms with Crippen LogP contribution in [0.5, 0.6) is 5.75 Å². The average Bonchev–Trinajstić information content (AvgIpc) is 3.96. The van der Waals surface area contributed by atoms with Crippen molar-refractivity contribution in [3.05, 3.63) is 128 Å². The fraction of sp³-hybridized carbons (Fsp3) is 0.340. The Bertz CT molecular complexity index is 2910. The Labute approximate surface area is 346 Å². The number of carbonyl (C=O) groups excluding carboxylic acids is 1. The highest BCUT2D eigenvalue weighted by atomic mass is 16.6. The molecule has 13 heteroatoms. The van der Waals surface area contributed by atoms with E-state index in [1.54, 1.807) is 33.1 Å². The van der Waals surface area contributed by atoms with Gasteiger partial charge in [-0.2, -0.15) is 5.10 Å². The van der Waals surface area contributed by atoms with Crippen molar-refractivity contribution in [1.82, 2.24) is 33.8 Å². The number of nitrogens with one attached hydrogen (secondary N) is 1. The number of hydrogen-bond donors (Lipinski definition) is 3. The van der Waals surface area contributed by atoms with Crippen molar-refractivity contribution in [2.75, 3.05) is 13.1 Å². The molecule has 0 saturated carbocycles. The predicted octanol–water partition coefficient (Wildman–Crippen LogP) is 7.45. The molecule has 2 aliphatic rings. The zero-order valence-electron chi connectivity index (χ0n) is 34.3. The first-order valence-electron chi connectivity index (χ1n) is 20.9. The maximum absolute atomic E-state index is 13.4. The molecule has 0 aliphatic carbocycles. The van der Waals surface area contributed by atoms with E-state index in [0.29, 0.717) is 66.4 Å². The molecular formula is C47H49N7O6. The van der Waals surface area contributed by atoms with E-state index in [9.17, 15) is 24.6 Å². The Morgan fingerprint density at radius 2 is 1.80 bits per heavy atom. The number of aliphatic hydroxyl groups is 2. The summed E-state index contributed by atoms with van der Waals surface area (Å²) in [5, 5.41) is 29.2. The number of rotatable bonds is 10. The molecule has 3 aromatic carbocycles. The van der Waals surface area contributed by atoms with Gasteiger partial charge in [0.15, 0.2) is 5.82 Å². The Hall–Kier alpha value is -6.31. The average molecular weight is 808 g/mol. The first kappa shape index (κ1) is 39.2. The summed E-state index contributed by atoms with van der Waals surface area (Å²) in [6, 6.07) is 23.5. The molecule has 1 unspecified atom stereocenters. The number of aromatic nitrogens is 6. The number of likely N-dealkylation sites (tertiary alicyclic amines) is 1.